The van der Waals surface area contributed by atoms with E-state index < -0.39 is 0 Å². The lowest BCUT2D eigenvalue weighted by molar-refractivity contribution is -0.135. The Bertz CT molecular complexity index is 729. The van der Waals surface area contributed by atoms with Crippen molar-refractivity contribution < 1.29 is 14.4 Å². The van der Waals surface area contributed by atoms with Crippen molar-refractivity contribution in [3.05, 3.63) is 60.4 Å². The van der Waals surface area contributed by atoms with Gasteiger partial charge >= 0.3 is 0 Å². The molecule has 1 aliphatic carbocycles. The van der Waals surface area contributed by atoms with E-state index in [1.165, 1.54) is 0 Å². The predicted molar refractivity (Wildman–Crippen MR) is 102 cm³/mol. The van der Waals surface area contributed by atoms with Crippen molar-refractivity contribution in [2.75, 3.05) is 5.32 Å². The first-order valence-corrected chi connectivity index (χ1v) is 9.36. The number of aromatic nitrogens is 1. The standard InChI is InChI=1S/C21H25N3O3/c25-20(24-27-15-17-5-2-1-3-6-17)13-16-8-10-18(11-9-16)21(26)23-19-7-4-12-22-14-19/h1-7,12,14,16,18H,8-11,13,15H2,(H,23,26)(H,24,25). The maximum Gasteiger partial charge on any atom is 0.243 e. The van der Waals surface area contributed by atoms with E-state index in [-0.39, 0.29) is 17.7 Å². The zero-order valence-electron chi connectivity index (χ0n) is 15.3. The number of hydrogen-bond donors (Lipinski definition) is 2. The van der Waals surface area contributed by atoms with Crippen LogP contribution in [-0.2, 0) is 21.0 Å². The van der Waals surface area contributed by atoms with Gasteiger partial charge in [-0.2, -0.15) is 0 Å². The van der Waals surface area contributed by atoms with Crippen molar-refractivity contribution in [1.82, 2.24) is 10.5 Å². The molecule has 6 heteroatoms. The average molecular weight is 367 g/mol. The van der Waals surface area contributed by atoms with E-state index in [1.54, 1.807) is 18.5 Å². The van der Waals surface area contributed by atoms with Crippen LogP contribution >= 0.6 is 0 Å². The smallest absolute Gasteiger partial charge is 0.243 e. The Hall–Kier alpha value is -2.73. The number of carbonyl (C=O) groups excluding carboxylic acids is 2. The number of nitrogens with zero attached hydrogens (tertiary/aromatic N) is 1. The molecule has 2 N–H and O–H groups in total. The van der Waals surface area contributed by atoms with E-state index >= 15 is 0 Å². The molecule has 0 atom stereocenters. The lowest BCUT2D eigenvalue weighted by atomic mass is 9.80. The van der Waals surface area contributed by atoms with Crippen molar-refractivity contribution in [1.29, 1.82) is 0 Å². The molecule has 0 spiro atoms. The molecule has 2 aromatic rings. The third-order valence-corrected chi connectivity index (χ3v) is 4.89. The van der Waals surface area contributed by atoms with E-state index in [0.717, 1.165) is 36.9 Å². The summed E-state index contributed by atoms with van der Waals surface area (Å²) in [7, 11) is 0. The quantitative estimate of drug-likeness (QED) is 0.735. The lowest BCUT2D eigenvalue weighted by Gasteiger charge is -2.27. The predicted octanol–water partition coefficient (Wildman–Crippen LogP) is 3.46. The number of anilines is 1. The monoisotopic (exact) mass is 367 g/mol. The van der Waals surface area contributed by atoms with Crippen molar-refractivity contribution in [3.63, 3.8) is 0 Å². The molecule has 1 aromatic carbocycles. The average Bonchev–Trinajstić information content (AvgIpc) is 2.70. The summed E-state index contributed by atoms with van der Waals surface area (Å²) in [5, 5.41) is 2.91. The molecule has 2 amide bonds. The molecule has 1 aliphatic rings. The highest BCUT2D eigenvalue weighted by Crippen LogP contribution is 2.31. The van der Waals surface area contributed by atoms with E-state index in [1.807, 2.05) is 36.4 Å². The number of nitrogens with one attached hydrogen (secondary N) is 2. The summed E-state index contributed by atoms with van der Waals surface area (Å²) in [6.45, 7) is 0.355. The fourth-order valence-electron chi connectivity index (χ4n) is 3.39. The van der Waals surface area contributed by atoms with Crippen LogP contribution in [0.5, 0.6) is 0 Å². The first kappa shape index (κ1) is 19.0. The summed E-state index contributed by atoms with van der Waals surface area (Å²) in [6.07, 6.45) is 7.10. The van der Waals surface area contributed by atoms with Crippen LogP contribution in [0.2, 0.25) is 0 Å². The molecule has 0 unspecified atom stereocenters. The lowest BCUT2D eigenvalue weighted by Crippen LogP contribution is -2.30. The van der Waals surface area contributed by atoms with Crippen LogP contribution in [0.1, 0.15) is 37.7 Å². The summed E-state index contributed by atoms with van der Waals surface area (Å²) in [5.41, 5.74) is 4.25. The van der Waals surface area contributed by atoms with Crippen LogP contribution in [0, 0.1) is 11.8 Å². The fraction of sp³-hybridized carbons (Fsp3) is 0.381. The van der Waals surface area contributed by atoms with Gasteiger partial charge in [0.05, 0.1) is 18.5 Å². The van der Waals surface area contributed by atoms with Gasteiger partial charge in [-0.15, -0.1) is 0 Å². The third kappa shape index (κ3) is 6.18. The molecule has 1 aromatic heterocycles. The minimum Gasteiger partial charge on any atom is -0.324 e. The molecule has 0 saturated heterocycles. The number of pyridine rings is 1. The van der Waals surface area contributed by atoms with Gasteiger partial charge in [0.2, 0.25) is 11.8 Å². The molecule has 0 radical (unpaired) electrons. The van der Waals surface area contributed by atoms with Crippen LogP contribution in [-0.4, -0.2) is 16.8 Å². The van der Waals surface area contributed by atoms with Crippen molar-refractivity contribution in [2.24, 2.45) is 11.8 Å². The van der Waals surface area contributed by atoms with E-state index in [0.29, 0.717) is 18.9 Å². The van der Waals surface area contributed by atoms with Crippen LogP contribution in [0.4, 0.5) is 5.69 Å². The van der Waals surface area contributed by atoms with Gasteiger partial charge < -0.3 is 5.32 Å². The number of hydroxylamine groups is 1. The number of rotatable bonds is 7. The summed E-state index contributed by atoms with van der Waals surface area (Å²) in [4.78, 5) is 33.6. The molecular formula is C21H25N3O3. The van der Waals surface area contributed by atoms with E-state index in [2.05, 4.69) is 15.8 Å². The topological polar surface area (TPSA) is 80.3 Å². The summed E-state index contributed by atoms with van der Waals surface area (Å²) >= 11 is 0. The molecule has 1 saturated carbocycles. The summed E-state index contributed by atoms with van der Waals surface area (Å²) in [6, 6.07) is 13.3. The second-order valence-electron chi connectivity index (χ2n) is 6.95. The Morgan fingerprint density at radius 1 is 1.04 bits per heavy atom. The Labute approximate surface area is 159 Å². The largest absolute Gasteiger partial charge is 0.324 e. The van der Waals surface area contributed by atoms with Crippen LogP contribution in [0.15, 0.2) is 54.9 Å². The SMILES string of the molecule is O=C(CC1CCC(C(=O)Nc2cccnc2)CC1)NOCc1ccccc1. The Morgan fingerprint density at radius 2 is 1.81 bits per heavy atom. The van der Waals surface area contributed by atoms with Gasteiger partial charge in [-0.1, -0.05) is 30.3 Å². The van der Waals surface area contributed by atoms with Gasteiger partial charge in [-0.25, -0.2) is 5.48 Å². The summed E-state index contributed by atoms with van der Waals surface area (Å²) in [5.74, 6) is 0.234. The number of benzene rings is 1. The molecule has 142 valence electrons. The second-order valence-corrected chi connectivity index (χ2v) is 6.95. The van der Waals surface area contributed by atoms with Gasteiger partial charge in [-0.05, 0) is 49.3 Å². The van der Waals surface area contributed by atoms with Gasteiger partial charge in [0.15, 0.2) is 0 Å². The van der Waals surface area contributed by atoms with Gasteiger partial charge in [0.1, 0.15) is 0 Å². The van der Waals surface area contributed by atoms with Crippen molar-refractivity contribution in [2.45, 2.75) is 38.7 Å². The maximum atomic E-state index is 12.3. The van der Waals surface area contributed by atoms with E-state index in [9.17, 15) is 9.59 Å². The summed E-state index contributed by atoms with van der Waals surface area (Å²) < 4.78 is 0. The Balaban J connectivity index is 1.34. The minimum atomic E-state index is -0.103. The molecule has 1 fully saturated rings. The van der Waals surface area contributed by atoms with Crippen LogP contribution < -0.4 is 10.8 Å². The minimum absolute atomic E-state index is 0.00107. The van der Waals surface area contributed by atoms with E-state index in [4.69, 9.17) is 4.84 Å². The third-order valence-electron chi connectivity index (χ3n) is 4.89. The first-order chi connectivity index (χ1) is 13.2. The second kappa shape index (κ2) is 9.83. The number of carbonyl (C=O) groups is 2. The molecule has 6 nitrogen and oxygen atoms in total. The molecule has 0 aliphatic heterocycles. The first-order valence-electron chi connectivity index (χ1n) is 9.36. The van der Waals surface area contributed by atoms with Crippen molar-refractivity contribution >= 4 is 17.5 Å². The highest BCUT2D eigenvalue weighted by Gasteiger charge is 2.27. The zero-order chi connectivity index (χ0) is 18.9. The molecule has 3 rings (SSSR count). The Morgan fingerprint density at radius 3 is 2.52 bits per heavy atom. The molecular weight excluding hydrogens is 342 g/mol. The van der Waals surface area contributed by atoms with Crippen molar-refractivity contribution in [3.8, 4) is 0 Å². The number of amides is 2. The normalized spacial score (nSPS) is 19.3. The van der Waals surface area contributed by atoms with Gasteiger partial charge in [-0.3, -0.25) is 19.4 Å². The Kier molecular flexibility index (Phi) is 6.93. The van der Waals surface area contributed by atoms with Gasteiger partial charge in [0, 0.05) is 18.5 Å². The molecule has 0 bridgehead atoms. The fourth-order valence-corrected chi connectivity index (χ4v) is 3.39. The highest BCUT2D eigenvalue weighted by molar-refractivity contribution is 5.92. The van der Waals surface area contributed by atoms with Crippen LogP contribution in [0.3, 0.4) is 0 Å². The number of hydrogen-bond acceptors (Lipinski definition) is 4. The maximum absolute atomic E-state index is 12.3. The molecule has 1 heterocycles. The zero-order valence-corrected chi connectivity index (χ0v) is 15.3. The van der Waals surface area contributed by atoms with Crippen LogP contribution in [0.25, 0.3) is 0 Å². The van der Waals surface area contributed by atoms with Gasteiger partial charge in [0.25, 0.3) is 0 Å². The highest BCUT2D eigenvalue weighted by atomic mass is 16.6. The molecule has 27 heavy (non-hydrogen) atoms.